The molecule has 2 aliphatic heterocycles. The Bertz CT molecular complexity index is 785. The molecule has 0 aliphatic carbocycles. The van der Waals surface area contributed by atoms with Crippen LogP contribution in [0.25, 0.3) is 0 Å². The maximum Gasteiger partial charge on any atom is 0.435 e. The summed E-state index contributed by atoms with van der Waals surface area (Å²) in [5.41, 5.74) is -1.45. The number of hydrogen-bond acceptors (Lipinski definition) is 4. The van der Waals surface area contributed by atoms with E-state index in [9.17, 15) is 22.8 Å². The van der Waals surface area contributed by atoms with Crippen LogP contribution in [0.2, 0.25) is 0 Å². The fourth-order valence-corrected chi connectivity index (χ4v) is 4.58. The molecule has 7 nitrogen and oxygen atoms in total. The second-order valence-electron chi connectivity index (χ2n) is 9.44. The Hall–Kier alpha value is -2.10. The summed E-state index contributed by atoms with van der Waals surface area (Å²) in [6.45, 7) is 6.64. The van der Waals surface area contributed by atoms with Crippen LogP contribution in [0, 0.1) is 5.92 Å². The van der Waals surface area contributed by atoms with Crippen molar-refractivity contribution >= 4 is 11.8 Å². The van der Waals surface area contributed by atoms with Gasteiger partial charge in [-0.1, -0.05) is 0 Å². The van der Waals surface area contributed by atoms with Crippen molar-refractivity contribution in [2.45, 2.75) is 70.3 Å². The highest BCUT2D eigenvalue weighted by Crippen LogP contribution is 2.38. The number of hydrogen-bond donors (Lipinski definition) is 2. The molecule has 0 saturated carbocycles. The maximum atomic E-state index is 12.8. The summed E-state index contributed by atoms with van der Waals surface area (Å²) < 4.78 is 39.3. The Morgan fingerprint density at radius 1 is 1.17 bits per heavy atom. The second kappa shape index (κ2) is 8.20. The van der Waals surface area contributed by atoms with Crippen LogP contribution in [-0.2, 0) is 18.0 Å². The number of nitrogens with zero attached hydrogens (tertiary/aromatic N) is 3. The monoisotopic (exact) mass is 429 g/mol. The first-order valence-electron chi connectivity index (χ1n) is 10.3. The Balaban J connectivity index is 1.53. The lowest BCUT2D eigenvalue weighted by atomic mass is 9.90. The van der Waals surface area contributed by atoms with Gasteiger partial charge >= 0.3 is 6.18 Å². The number of alkyl halides is 3. The lowest BCUT2D eigenvalue weighted by molar-refractivity contribution is -0.141. The van der Waals surface area contributed by atoms with Gasteiger partial charge in [-0.3, -0.25) is 19.2 Å². The first-order chi connectivity index (χ1) is 13.8. The predicted octanol–water partition coefficient (Wildman–Crippen LogP) is 2.33. The van der Waals surface area contributed by atoms with E-state index in [4.69, 9.17) is 0 Å². The molecule has 2 N–H and O–H groups in total. The fourth-order valence-electron chi connectivity index (χ4n) is 4.58. The predicted molar refractivity (Wildman–Crippen MR) is 105 cm³/mol. The number of nitrogens with one attached hydrogen (secondary N) is 2. The minimum atomic E-state index is -4.58. The van der Waals surface area contributed by atoms with Crippen LogP contribution in [0.15, 0.2) is 6.07 Å². The number of halogens is 3. The average Bonchev–Trinajstić information content (AvgIpc) is 3.08. The zero-order valence-electron chi connectivity index (χ0n) is 17.8. The van der Waals surface area contributed by atoms with Gasteiger partial charge in [-0.25, -0.2) is 0 Å². The van der Waals surface area contributed by atoms with Crippen LogP contribution < -0.4 is 10.6 Å². The van der Waals surface area contributed by atoms with Gasteiger partial charge in [0.1, 0.15) is 5.69 Å². The molecule has 0 spiro atoms. The van der Waals surface area contributed by atoms with Gasteiger partial charge in [-0.15, -0.1) is 0 Å². The molecule has 2 fully saturated rings. The highest BCUT2D eigenvalue weighted by Gasteiger charge is 2.41. The van der Waals surface area contributed by atoms with E-state index in [1.165, 1.54) is 7.05 Å². The first-order valence-corrected chi connectivity index (χ1v) is 10.3. The van der Waals surface area contributed by atoms with Crippen LogP contribution >= 0.6 is 0 Å². The highest BCUT2D eigenvalue weighted by molar-refractivity contribution is 5.92. The molecule has 1 aromatic rings. The Labute approximate surface area is 174 Å². The molecule has 168 valence electrons. The van der Waals surface area contributed by atoms with E-state index in [1.807, 2.05) is 20.8 Å². The van der Waals surface area contributed by atoms with Crippen LogP contribution in [0.4, 0.5) is 13.2 Å². The molecule has 2 aliphatic rings. The summed E-state index contributed by atoms with van der Waals surface area (Å²) in [7, 11) is 1.32. The molecule has 10 heteroatoms. The van der Waals surface area contributed by atoms with Crippen LogP contribution in [0.5, 0.6) is 0 Å². The van der Waals surface area contributed by atoms with Gasteiger partial charge in [0.15, 0.2) is 5.69 Å². The van der Waals surface area contributed by atoms with E-state index in [0.29, 0.717) is 25.2 Å². The molecule has 2 bridgehead atoms. The molecule has 3 heterocycles. The fraction of sp³-hybridized carbons (Fsp3) is 0.750. The van der Waals surface area contributed by atoms with Gasteiger partial charge in [-0.05, 0) is 52.4 Å². The molecule has 2 saturated heterocycles. The summed E-state index contributed by atoms with van der Waals surface area (Å²) in [5, 5.41) is 9.14. The first kappa shape index (κ1) is 22.6. The summed E-state index contributed by atoms with van der Waals surface area (Å²) in [4.78, 5) is 26.9. The SMILES string of the molecule is Cn1nc(C(F)(F)F)cc1C(=O)NCC1CC2CCC(C1)N2CC(=O)NC(C)(C)C. The lowest BCUT2D eigenvalue weighted by Crippen LogP contribution is -2.52. The van der Waals surface area contributed by atoms with Crippen LogP contribution in [-0.4, -0.2) is 57.2 Å². The second-order valence-corrected chi connectivity index (χ2v) is 9.44. The van der Waals surface area contributed by atoms with Crippen LogP contribution in [0.1, 0.15) is 62.6 Å². The summed E-state index contributed by atoms with van der Waals surface area (Å²) in [5.74, 6) is -0.300. The average molecular weight is 429 g/mol. The minimum absolute atomic E-state index is 0.0165. The molecule has 2 amide bonds. The van der Waals surface area contributed by atoms with E-state index in [2.05, 4.69) is 20.6 Å². The normalized spacial score (nSPS) is 24.7. The van der Waals surface area contributed by atoms with E-state index in [0.717, 1.165) is 36.4 Å². The smallest absolute Gasteiger partial charge is 0.350 e. The number of aromatic nitrogens is 2. The number of amides is 2. The van der Waals surface area contributed by atoms with Gasteiger partial charge in [-0.2, -0.15) is 18.3 Å². The number of rotatable bonds is 5. The van der Waals surface area contributed by atoms with E-state index < -0.39 is 17.8 Å². The van der Waals surface area contributed by atoms with Crippen molar-refractivity contribution in [3.63, 3.8) is 0 Å². The number of aryl methyl sites for hydroxylation is 1. The number of carbonyl (C=O) groups excluding carboxylic acids is 2. The molecule has 3 rings (SSSR count). The van der Waals surface area contributed by atoms with Gasteiger partial charge < -0.3 is 10.6 Å². The Kier molecular flexibility index (Phi) is 6.18. The van der Waals surface area contributed by atoms with Gasteiger partial charge in [0.25, 0.3) is 5.91 Å². The minimum Gasteiger partial charge on any atom is -0.350 e. The summed E-state index contributed by atoms with van der Waals surface area (Å²) in [6, 6.07) is 1.37. The van der Waals surface area contributed by atoms with Crippen molar-refractivity contribution in [2.75, 3.05) is 13.1 Å². The van der Waals surface area contributed by atoms with Gasteiger partial charge in [0.2, 0.25) is 5.91 Å². The highest BCUT2D eigenvalue weighted by atomic mass is 19.4. The zero-order valence-corrected chi connectivity index (χ0v) is 17.8. The number of fused-ring (bicyclic) bond motifs is 2. The van der Waals surface area contributed by atoms with Crippen molar-refractivity contribution in [2.24, 2.45) is 13.0 Å². The standard InChI is InChI=1S/C20H30F3N5O2/c1-19(2,3)25-17(29)11-28-13-5-6-14(28)8-12(7-13)10-24-18(30)15-9-16(20(21,22)23)26-27(15)4/h9,12-14H,5-8,10-11H2,1-4H3,(H,24,30)(H,25,29). The summed E-state index contributed by atoms with van der Waals surface area (Å²) >= 11 is 0. The van der Waals surface area contributed by atoms with Crippen LogP contribution in [0.3, 0.4) is 0 Å². The maximum absolute atomic E-state index is 12.8. The number of piperidine rings is 1. The zero-order chi connectivity index (χ0) is 22.3. The van der Waals surface area contributed by atoms with E-state index >= 15 is 0 Å². The molecule has 30 heavy (non-hydrogen) atoms. The Morgan fingerprint density at radius 3 is 2.27 bits per heavy atom. The van der Waals surface area contributed by atoms with Gasteiger partial charge in [0, 0.05) is 37.3 Å². The van der Waals surface area contributed by atoms with Gasteiger partial charge in [0.05, 0.1) is 6.54 Å². The molecule has 2 atom stereocenters. The third kappa shape index (κ3) is 5.33. The quantitative estimate of drug-likeness (QED) is 0.753. The molecule has 0 radical (unpaired) electrons. The van der Waals surface area contributed by atoms with Crippen molar-refractivity contribution < 1.29 is 22.8 Å². The molecular formula is C20H30F3N5O2. The molecule has 1 aromatic heterocycles. The number of carbonyl (C=O) groups is 2. The third-order valence-corrected chi connectivity index (χ3v) is 5.78. The topological polar surface area (TPSA) is 79.3 Å². The molecular weight excluding hydrogens is 399 g/mol. The van der Waals surface area contributed by atoms with Crippen molar-refractivity contribution in [1.82, 2.24) is 25.3 Å². The Morgan fingerprint density at radius 2 is 1.77 bits per heavy atom. The lowest BCUT2D eigenvalue weighted by Gasteiger charge is -2.39. The van der Waals surface area contributed by atoms with E-state index in [1.54, 1.807) is 0 Å². The van der Waals surface area contributed by atoms with E-state index in [-0.39, 0.29) is 23.1 Å². The summed E-state index contributed by atoms with van der Waals surface area (Å²) in [6.07, 6.45) is -0.817. The van der Waals surface area contributed by atoms with Crippen molar-refractivity contribution in [3.05, 3.63) is 17.5 Å². The largest absolute Gasteiger partial charge is 0.435 e. The third-order valence-electron chi connectivity index (χ3n) is 5.78. The molecule has 0 aromatic carbocycles. The molecule has 2 unspecified atom stereocenters. The van der Waals surface area contributed by atoms with Crippen molar-refractivity contribution in [3.8, 4) is 0 Å². The van der Waals surface area contributed by atoms with Crippen molar-refractivity contribution in [1.29, 1.82) is 0 Å².